The van der Waals surface area contributed by atoms with Gasteiger partial charge in [0.2, 0.25) is 0 Å². The van der Waals surface area contributed by atoms with Crippen LogP contribution in [0.5, 0.6) is 5.75 Å². The molecule has 0 amide bonds. The van der Waals surface area contributed by atoms with Crippen molar-refractivity contribution in [2.45, 2.75) is 23.8 Å². The maximum absolute atomic E-state index is 12.0. The van der Waals surface area contributed by atoms with Gasteiger partial charge in [-0.1, -0.05) is 0 Å². The SMILES string of the molecule is COc1cc(C(=O)O)c2c3c1C(=O)O[C@@H](C)[C@@H]3CS2.O. The fourth-order valence-electron chi connectivity index (χ4n) is 2.64. The van der Waals surface area contributed by atoms with Crippen molar-refractivity contribution in [3.05, 3.63) is 22.8 Å². The number of benzene rings is 1. The second kappa shape index (κ2) is 4.99. The van der Waals surface area contributed by atoms with Gasteiger partial charge in [0.15, 0.2) is 0 Å². The summed E-state index contributed by atoms with van der Waals surface area (Å²) in [5.74, 6) is -0.391. The quantitative estimate of drug-likeness (QED) is 0.826. The number of cyclic esters (lactones) is 1. The highest BCUT2D eigenvalue weighted by molar-refractivity contribution is 7.99. The smallest absolute Gasteiger partial charge is 0.342 e. The van der Waals surface area contributed by atoms with Gasteiger partial charge in [0.1, 0.15) is 17.4 Å². The van der Waals surface area contributed by atoms with E-state index in [1.54, 1.807) is 0 Å². The number of hydrogen-bond acceptors (Lipinski definition) is 5. The second-order valence-electron chi connectivity index (χ2n) is 4.58. The van der Waals surface area contributed by atoms with Gasteiger partial charge in [0.25, 0.3) is 0 Å². The first kappa shape index (κ1) is 14.7. The molecular formula is C13H14O6S. The van der Waals surface area contributed by atoms with Gasteiger partial charge in [-0.05, 0) is 18.6 Å². The number of aromatic carboxylic acids is 1. The van der Waals surface area contributed by atoms with Gasteiger partial charge >= 0.3 is 11.9 Å². The molecule has 0 spiro atoms. The Bertz CT molecular complexity index is 597. The Morgan fingerprint density at radius 2 is 2.25 bits per heavy atom. The summed E-state index contributed by atoms with van der Waals surface area (Å²) in [5, 5.41) is 9.28. The largest absolute Gasteiger partial charge is 0.496 e. The van der Waals surface area contributed by atoms with E-state index in [9.17, 15) is 14.7 Å². The zero-order valence-electron chi connectivity index (χ0n) is 10.9. The Labute approximate surface area is 119 Å². The minimum Gasteiger partial charge on any atom is -0.496 e. The summed E-state index contributed by atoms with van der Waals surface area (Å²) in [6.07, 6.45) is -0.234. The van der Waals surface area contributed by atoms with Gasteiger partial charge in [-0.25, -0.2) is 9.59 Å². The normalized spacial score (nSPS) is 22.6. The zero-order chi connectivity index (χ0) is 13.7. The van der Waals surface area contributed by atoms with E-state index >= 15 is 0 Å². The monoisotopic (exact) mass is 298 g/mol. The number of carboxylic acids is 1. The lowest BCUT2D eigenvalue weighted by Crippen LogP contribution is -2.30. The van der Waals surface area contributed by atoms with Crippen molar-refractivity contribution in [3.8, 4) is 5.75 Å². The van der Waals surface area contributed by atoms with Crippen LogP contribution in [0, 0.1) is 0 Å². The van der Waals surface area contributed by atoms with Crippen LogP contribution in [0.15, 0.2) is 11.0 Å². The van der Waals surface area contributed by atoms with E-state index in [0.29, 0.717) is 10.5 Å². The van der Waals surface area contributed by atoms with Crippen LogP contribution < -0.4 is 4.74 Å². The third-order valence-electron chi connectivity index (χ3n) is 3.57. The fourth-order valence-corrected chi connectivity index (χ4v) is 4.13. The minimum absolute atomic E-state index is 0. The highest BCUT2D eigenvalue weighted by Crippen LogP contribution is 2.50. The molecular weight excluding hydrogens is 284 g/mol. The Morgan fingerprint density at radius 3 is 2.85 bits per heavy atom. The van der Waals surface area contributed by atoms with Crippen molar-refractivity contribution >= 4 is 23.7 Å². The molecule has 3 rings (SSSR count). The van der Waals surface area contributed by atoms with Crippen molar-refractivity contribution in [2.75, 3.05) is 12.9 Å². The second-order valence-corrected chi connectivity index (χ2v) is 5.61. The maximum atomic E-state index is 12.0. The Hall–Kier alpha value is -1.73. The van der Waals surface area contributed by atoms with Gasteiger partial charge in [0, 0.05) is 16.6 Å². The van der Waals surface area contributed by atoms with Crippen LogP contribution in [0.3, 0.4) is 0 Å². The van der Waals surface area contributed by atoms with E-state index in [1.165, 1.54) is 24.9 Å². The topological polar surface area (TPSA) is 104 Å². The van der Waals surface area contributed by atoms with E-state index in [4.69, 9.17) is 9.47 Å². The first-order chi connectivity index (χ1) is 9.04. The molecule has 2 heterocycles. The first-order valence-corrected chi connectivity index (χ1v) is 6.85. The van der Waals surface area contributed by atoms with E-state index in [0.717, 1.165) is 11.3 Å². The van der Waals surface area contributed by atoms with Gasteiger partial charge in [-0.3, -0.25) is 0 Å². The Kier molecular flexibility index (Phi) is 3.66. The number of esters is 1. The van der Waals surface area contributed by atoms with Crippen molar-refractivity contribution < 1.29 is 29.6 Å². The van der Waals surface area contributed by atoms with E-state index in [2.05, 4.69) is 0 Å². The third kappa shape index (κ3) is 1.85. The van der Waals surface area contributed by atoms with Crippen LogP contribution in [-0.2, 0) is 4.74 Å². The van der Waals surface area contributed by atoms with Crippen molar-refractivity contribution in [2.24, 2.45) is 0 Å². The lowest BCUT2D eigenvalue weighted by atomic mass is 9.87. The molecule has 20 heavy (non-hydrogen) atoms. The molecule has 2 atom stereocenters. The Balaban J connectivity index is 0.00000147. The average molecular weight is 298 g/mol. The molecule has 0 saturated heterocycles. The summed E-state index contributed by atoms with van der Waals surface area (Å²) >= 11 is 1.47. The van der Waals surface area contributed by atoms with E-state index in [1.807, 2.05) is 6.92 Å². The molecule has 0 saturated carbocycles. The number of methoxy groups -OCH3 is 1. The predicted octanol–water partition coefficient (Wildman–Crippen LogP) is 1.32. The molecule has 0 radical (unpaired) electrons. The molecule has 3 N–H and O–H groups in total. The molecule has 6 nitrogen and oxygen atoms in total. The van der Waals surface area contributed by atoms with Crippen molar-refractivity contribution in [1.82, 2.24) is 0 Å². The summed E-state index contributed by atoms with van der Waals surface area (Å²) in [6, 6.07) is 1.41. The number of carbonyl (C=O) groups is 2. The van der Waals surface area contributed by atoms with Crippen LogP contribution in [-0.4, -0.2) is 41.5 Å². The molecule has 0 fully saturated rings. The van der Waals surface area contributed by atoms with Crippen LogP contribution >= 0.6 is 11.8 Å². The predicted molar refractivity (Wildman–Crippen MR) is 71.9 cm³/mol. The standard InChI is InChI=1S/C13H12O5S.H2O/c1-5-7-4-19-11-6(12(14)15)3-8(17-2)10(9(7)11)13(16)18-5;/h3,5,7H,4H2,1-2H3,(H,14,15);1H2/t5-,7-;/m0./s1. The van der Waals surface area contributed by atoms with Gasteiger partial charge in [0.05, 0.1) is 12.7 Å². The van der Waals surface area contributed by atoms with E-state index in [-0.39, 0.29) is 28.8 Å². The molecule has 0 bridgehead atoms. The van der Waals surface area contributed by atoms with Gasteiger partial charge < -0.3 is 20.1 Å². The van der Waals surface area contributed by atoms with Gasteiger partial charge in [-0.2, -0.15) is 0 Å². The summed E-state index contributed by atoms with van der Waals surface area (Å²) in [6.45, 7) is 1.83. The molecule has 2 aliphatic rings. The molecule has 0 unspecified atom stereocenters. The number of carbonyl (C=O) groups excluding carboxylic acids is 1. The number of rotatable bonds is 2. The number of ether oxygens (including phenoxy) is 2. The molecule has 0 aromatic heterocycles. The summed E-state index contributed by atoms with van der Waals surface area (Å²) in [4.78, 5) is 24.0. The highest BCUT2D eigenvalue weighted by Gasteiger charge is 2.42. The fraction of sp³-hybridized carbons (Fsp3) is 0.385. The maximum Gasteiger partial charge on any atom is 0.342 e. The minimum atomic E-state index is -1.00. The summed E-state index contributed by atoms with van der Waals surface area (Å²) in [7, 11) is 1.42. The third-order valence-corrected chi connectivity index (χ3v) is 4.83. The first-order valence-electron chi connectivity index (χ1n) is 5.86. The van der Waals surface area contributed by atoms with Crippen LogP contribution in [0.1, 0.15) is 39.1 Å². The molecule has 108 valence electrons. The van der Waals surface area contributed by atoms with Crippen LogP contribution in [0.4, 0.5) is 0 Å². The highest BCUT2D eigenvalue weighted by atomic mass is 32.2. The van der Waals surface area contributed by atoms with Crippen molar-refractivity contribution in [3.63, 3.8) is 0 Å². The molecule has 0 aliphatic carbocycles. The average Bonchev–Trinajstić information content (AvgIpc) is 2.79. The number of hydrogen-bond donors (Lipinski definition) is 1. The van der Waals surface area contributed by atoms with Crippen LogP contribution in [0.25, 0.3) is 0 Å². The number of carboxylic acid groups (broad SMARTS) is 1. The van der Waals surface area contributed by atoms with Gasteiger partial charge in [-0.15, -0.1) is 11.8 Å². The lowest BCUT2D eigenvalue weighted by molar-refractivity contribution is 0.0239. The Morgan fingerprint density at radius 1 is 1.55 bits per heavy atom. The molecule has 7 heteroatoms. The van der Waals surface area contributed by atoms with E-state index < -0.39 is 11.9 Å². The zero-order valence-corrected chi connectivity index (χ0v) is 11.7. The van der Waals surface area contributed by atoms with Crippen LogP contribution in [0.2, 0.25) is 0 Å². The van der Waals surface area contributed by atoms with Crippen molar-refractivity contribution in [1.29, 1.82) is 0 Å². The summed E-state index contributed by atoms with van der Waals surface area (Å²) in [5.41, 5.74) is 1.37. The number of thioether (sulfide) groups is 1. The molecule has 1 aromatic rings. The summed E-state index contributed by atoms with van der Waals surface area (Å²) < 4.78 is 10.5. The molecule has 2 aliphatic heterocycles. The lowest BCUT2D eigenvalue weighted by Gasteiger charge is -2.28. The molecule has 1 aromatic carbocycles.